The lowest BCUT2D eigenvalue weighted by molar-refractivity contribution is -0.133. The molecule has 0 fully saturated rings. The first-order valence-corrected chi connectivity index (χ1v) is 7.71. The average molecular weight is 340 g/mol. The fourth-order valence-electron chi connectivity index (χ4n) is 2.21. The van der Waals surface area contributed by atoms with Crippen LogP contribution in [-0.2, 0) is 9.53 Å². The second-order valence-electron chi connectivity index (χ2n) is 5.20. The summed E-state index contributed by atoms with van der Waals surface area (Å²) in [5, 5.41) is 4.16. The fourth-order valence-corrected chi connectivity index (χ4v) is 2.21. The van der Waals surface area contributed by atoms with E-state index < -0.39 is 5.97 Å². The van der Waals surface area contributed by atoms with Crippen molar-refractivity contribution in [3.8, 4) is 5.82 Å². The lowest BCUT2D eigenvalue weighted by Gasteiger charge is -2.18. The highest BCUT2D eigenvalue weighted by Crippen LogP contribution is 2.13. The van der Waals surface area contributed by atoms with Crippen molar-refractivity contribution in [3.05, 3.63) is 67.2 Å². The summed E-state index contributed by atoms with van der Waals surface area (Å²) in [4.78, 5) is 30.0. The molecular weight excluding hydrogens is 320 g/mol. The Morgan fingerprint density at radius 2 is 2.00 bits per heavy atom. The van der Waals surface area contributed by atoms with Crippen LogP contribution in [0.25, 0.3) is 5.82 Å². The predicted octanol–water partition coefficient (Wildman–Crippen LogP) is 1.93. The molecule has 1 amide bonds. The number of hydrogen-bond acceptors (Lipinski definition) is 5. The van der Waals surface area contributed by atoms with Crippen LogP contribution >= 0.6 is 0 Å². The highest BCUT2D eigenvalue weighted by atomic mass is 16.5. The van der Waals surface area contributed by atoms with E-state index in [-0.39, 0.29) is 18.1 Å². The van der Waals surface area contributed by atoms with Crippen LogP contribution in [0.1, 0.15) is 16.1 Å². The first-order valence-electron chi connectivity index (χ1n) is 7.71. The number of amides is 1. The molecule has 0 unspecified atom stereocenters. The molecule has 0 saturated carbocycles. The van der Waals surface area contributed by atoms with E-state index in [0.29, 0.717) is 24.6 Å². The topological polar surface area (TPSA) is 77.3 Å². The maximum Gasteiger partial charge on any atom is 0.342 e. The smallest absolute Gasteiger partial charge is 0.342 e. The minimum atomic E-state index is -0.606. The van der Waals surface area contributed by atoms with Crippen LogP contribution in [0.15, 0.2) is 55.9 Å². The molecule has 0 spiro atoms. The number of esters is 1. The van der Waals surface area contributed by atoms with Gasteiger partial charge in [-0.1, -0.05) is 18.2 Å². The van der Waals surface area contributed by atoms with Gasteiger partial charge in [-0.15, -0.1) is 13.2 Å². The molecule has 25 heavy (non-hydrogen) atoms. The van der Waals surface area contributed by atoms with Gasteiger partial charge < -0.3 is 9.64 Å². The van der Waals surface area contributed by atoms with Crippen LogP contribution in [0.5, 0.6) is 0 Å². The number of rotatable bonds is 8. The lowest BCUT2D eigenvalue weighted by atomic mass is 10.2. The van der Waals surface area contributed by atoms with Crippen LogP contribution < -0.4 is 0 Å². The standard InChI is InChI=1S/C18H20N4O3/c1-4-10-21(11-5-2)17(23)13-25-18(24)15-12-20-22(14(15)3)16-8-6-7-9-19-16/h4-9,12H,1-2,10-11,13H2,3H3. The zero-order valence-electron chi connectivity index (χ0n) is 14.1. The summed E-state index contributed by atoms with van der Waals surface area (Å²) < 4.78 is 6.66. The van der Waals surface area contributed by atoms with E-state index in [9.17, 15) is 9.59 Å². The van der Waals surface area contributed by atoms with Crippen molar-refractivity contribution in [2.45, 2.75) is 6.92 Å². The molecule has 7 nitrogen and oxygen atoms in total. The maximum absolute atomic E-state index is 12.2. The zero-order chi connectivity index (χ0) is 18.2. The third kappa shape index (κ3) is 4.41. The molecule has 0 aromatic carbocycles. The van der Waals surface area contributed by atoms with Crippen LogP contribution in [-0.4, -0.2) is 51.2 Å². The Morgan fingerprint density at radius 3 is 2.60 bits per heavy atom. The summed E-state index contributed by atoms with van der Waals surface area (Å²) in [5.74, 6) is -0.327. The molecule has 130 valence electrons. The van der Waals surface area contributed by atoms with Crippen LogP contribution in [0.3, 0.4) is 0 Å². The molecular formula is C18H20N4O3. The van der Waals surface area contributed by atoms with Gasteiger partial charge in [0.15, 0.2) is 12.4 Å². The Balaban J connectivity index is 2.04. The number of nitrogens with zero attached hydrogens (tertiary/aromatic N) is 4. The fraction of sp³-hybridized carbons (Fsp3) is 0.222. The van der Waals surface area contributed by atoms with Gasteiger partial charge in [0.25, 0.3) is 5.91 Å². The van der Waals surface area contributed by atoms with E-state index in [0.717, 1.165) is 0 Å². The summed E-state index contributed by atoms with van der Waals surface area (Å²) in [7, 11) is 0. The van der Waals surface area contributed by atoms with Crippen LogP contribution in [0.2, 0.25) is 0 Å². The van der Waals surface area contributed by atoms with Crippen molar-refractivity contribution >= 4 is 11.9 Å². The Bertz CT molecular complexity index is 758. The Kier molecular flexibility index (Phi) is 6.22. The normalized spacial score (nSPS) is 10.1. The van der Waals surface area contributed by atoms with E-state index in [4.69, 9.17) is 4.74 Å². The van der Waals surface area contributed by atoms with Crippen LogP contribution in [0, 0.1) is 6.92 Å². The van der Waals surface area contributed by atoms with Gasteiger partial charge in [0.1, 0.15) is 5.56 Å². The molecule has 0 bridgehead atoms. The van der Waals surface area contributed by atoms with Gasteiger partial charge in [-0.3, -0.25) is 4.79 Å². The summed E-state index contributed by atoms with van der Waals surface area (Å²) >= 11 is 0. The Morgan fingerprint density at radius 1 is 1.28 bits per heavy atom. The monoisotopic (exact) mass is 340 g/mol. The van der Waals surface area contributed by atoms with Gasteiger partial charge in [0, 0.05) is 19.3 Å². The molecule has 0 atom stereocenters. The van der Waals surface area contributed by atoms with Gasteiger partial charge in [-0.05, 0) is 19.1 Å². The van der Waals surface area contributed by atoms with E-state index in [1.165, 1.54) is 11.1 Å². The number of ether oxygens (including phenoxy) is 1. The molecule has 7 heteroatoms. The van der Waals surface area contributed by atoms with Crippen molar-refractivity contribution in [3.63, 3.8) is 0 Å². The van der Waals surface area contributed by atoms with Gasteiger partial charge in [0.2, 0.25) is 0 Å². The van der Waals surface area contributed by atoms with Crippen molar-refractivity contribution in [1.82, 2.24) is 19.7 Å². The second-order valence-corrected chi connectivity index (χ2v) is 5.20. The van der Waals surface area contributed by atoms with Gasteiger partial charge in [0.05, 0.1) is 11.9 Å². The van der Waals surface area contributed by atoms with E-state index in [1.54, 1.807) is 42.1 Å². The number of carbonyl (C=O) groups is 2. The van der Waals surface area contributed by atoms with Crippen molar-refractivity contribution in [2.24, 2.45) is 0 Å². The number of hydrogen-bond donors (Lipinski definition) is 0. The Labute approximate surface area is 146 Å². The van der Waals surface area contributed by atoms with Gasteiger partial charge in [-0.25, -0.2) is 14.5 Å². The lowest BCUT2D eigenvalue weighted by Crippen LogP contribution is -2.35. The quantitative estimate of drug-likeness (QED) is 0.542. The third-order valence-electron chi connectivity index (χ3n) is 3.47. The minimum absolute atomic E-state index is 0.289. The van der Waals surface area contributed by atoms with Crippen molar-refractivity contribution < 1.29 is 14.3 Å². The summed E-state index contributed by atoms with van der Waals surface area (Å²) in [6.07, 6.45) is 6.25. The predicted molar refractivity (Wildman–Crippen MR) is 93.4 cm³/mol. The SMILES string of the molecule is C=CCN(CC=C)C(=O)COC(=O)c1cnn(-c2ccccn2)c1C. The number of carbonyl (C=O) groups excluding carboxylic acids is 2. The highest BCUT2D eigenvalue weighted by molar-refractivity contribution is 5.92. The highest BCUT2D eigenvalue weighted by Gasteiger charge is 2.19. The largest absolute Gasteiger partial charge is 0.452 e. The van der Waals surface area contributed by atoms with Crippen molar-refractivity contribution in [2.75, 3.05) is 19.7 Å². The maximum atomic E-state index is 12.2. The van der Waals surface area contributed by atoms with Gasteiger partial charge >= 0.3 is 5.97 Å². The summed E-state index contributed by atoms with van der Waals surface area (Å²) in [6, 6.07) is 5.40. The van der Waals surface area contributed by atoms with Crippen molar-refractivity contribution in [1.29, 1.82) is 0 Å². The molecule has 0 aliphatic heterocycles. The summed E-state index contributed by atoms with van der Waals surface area (Å²) in [6.45, 7) is 9.30. The first kappa shape index (κ1) is 18.1. The molecule has 2 heterocycles. The Hall–Kier alpha value is -3.22. The molecule has 0 radical (unpaired) electrons. The molecule has 0 saturated heterocycles. The van der Waals surface area contributed by atoms with E-state index in [1.807, 2.05) is 6.07 Å². The van der Waals surface area contributed by atoms with E-state index >= 15 is 0 Å². The average Bonchev–Trinajstić information content (AvgIpc) is 3.01. The second kappa shape index (κ2) is 8.58. The minimum Gasteiger partial charge on any atom is -0.452 e. The first-order chi connectivity index (χ1) is 12.1. The molecule has 0 aliphatic rings. The van der Waals surface area contributed by atoms with Crippen LogP contribution in [0.4, 0.5) is 0 Å². The molecule has 0 aliphatic carbocycles. The zero-order valence-corrected chi connectivity index (χ0v) is 14.1. The molecule has 2 rings (SSSR count). The summed E-state index contributed by atoms with van der Waals surface area (Å²) in [5.41, 5.74) is 0.877. The van der Waals surface area contributed by atoms with E-state index in [2.05, 4.69) is 23.2 Å². The molecule has 2 aromatic heterocycles. The van der Waals surface area contributed by atoms with Gasteiger partial charge in [-0.2, -0.15) is 5.10 Å². The third-order valence-corrected chi connectivity index (χ3v) is 3.47. The number of aromatic nitrogens is 3. The molecule has 0 N–H and O–H groups in total. The molecule has 2 aromatic rings. The number of pyridine rings is 1.